The van der Waals surface area contributed by atoms with Gasteiger partial charge in [-0.25, -0.2) is 0 Å². The van der Waals surface area contributed by atoms with Crippen LogP contribution in [-0.2, 0) is 24.0 Å². The van der Waals surface area contributed by atoms with Crippen LogP contribution >= 0.6 is 0 Å². The van der Waals surface area contributed by atoms with Crippen LogP contribution in [0.1, 0.15) is 33.1 Å². The lowest BCUT2D eigenvalue weighted by Gasteiger charge is -2.10. The number of amides is 5. The number of nitrogens with one attached hydrogen (secondary N) is 5. The van der Waals surface area contributed by atoms with E-state index in [9.17, 15) is 24.0 Å². The molecule has 0 aromatic heterocycles. The highest BCUT2D eigenvalue weighted by molar-refractivity contribution is 5.81. The van der Waals surface area contributed by atoms with Gasteiger partial charge in [-0.05, 0) is 14.1 Å². The number of hydrogen-bond acceptors (Lipinski definition) is 7. The summed E-state index contributed by atoms with van der Waals surface area (Å²) in [6, 6.07) is 0. The summed E-state index contributed by atoms with van der Waals surface area (Å²) in [4.78, 5) is 51.4. The van der Waals surface area contributed by atoms with Crippen molar-refractivity contribution in [2.75, 3.05) is 47.8 Å². The Morgan fingerprint density at radius 3 is 1.24 bits per heavy atom. The summed E-state index contributed by atoms with van der Waals surface area (Å²) >= 11 is 0. The van der Waals surface area contributed by atoms with Gasteiger partial charge in [0.05, 0.1) is 0 Å². The van der Waals surface area contributed by atoms with Gasteiger partial charge in [0, 0.05) is 66.8 Å². The molecule has 12 heteroatoms. The molecule has 0 aliphatic carbocycles. The van der Waals surface area contributed by atoms with Crippen molar-refractivity contribution >= 4 is 29.5 Å². The van der Waals surface area contributed by atoms with Crippen molar-refractivity contribution in [2.24, 2.45) is 11.5 Å². The molecule has 0 saturated carbocycles. The van der Waals surface area contributed by atoms with E-state index in [1.54, 1.807) is 14.1 Å². The van der Waals surface area contributed by atoms with Gasteiger partial charge in [0.25, 0.3) is 0 Å². The van der Waals surface area contributed by atoms with Gasteiger partial charge >= 0.3 is 0 Å². The van der Waals surface area contributed by atoms with Crippen molar-refractivity contribution < 1.29 is 24.0 Å². The summed E-state index contributed by atoms with van der Waals surface area (Å²) < 4.78 is 0. The highest BCUT2D eigenvalue weighted by Gasteiger charge is 2.07. The minimum absolute atomic E-state index is 0.0613. The summed E-state index contributed by atoms with van der Waals surface area (Å²) in [7, 11) is 6.13. The lowest BCUT2D eigenvalue weighted by molar-refractivity contribution is -0.125. The summed E-state index contributed by atoms with van der Waals surface area (Å²) in [5, 5.41) is 12.5. The first-order valence-electron chi connectivity index (χ1n) is 9.05. The zero-order valence-corrected chi connectivity index (χ0v) is 18.4. The minimum Gasteiger partial charge on any atom is -0.359 e. The average Bonchev–Trinajstić information content (AvgIpc) is 2.69. The van der Waals surface area contributed by atoms with E-state index in [1.807, 2.05) is 0 Å². The fourth-order valence-electron chi connectivity index (χ4n) is 1.18. The van der Waals surface area contributed by atoms with Crippen molar-refractivity contribution in [1.29, 1.82) is 0 Å². The predicted octanol–water partition coefficient (Wildman–Crippen LogP) is -2.83. The summed E-state index contributed by atoms with van der Waals surface area (Å²) in [6.07, 6.45) is 1.42. The molecule has 0 atom stereocenters. The molecule has 29 heavy (non-hydrogen) atoms. The molecular weight excluding hydrogens is 382 g/mol. The maximum absolute atomic E-state index is 10.5. The summed E-state index contributed by atoms with van der Waals surface area (Å²) in [6.45, 7) is 4.55. The van der Waals surface area contributed by atoms with E-state index in [1.165, 1.54) is 27.9 Å². The second-order valence-corrected chi connectivity index (χ2v) is 4.91. The molecule has 0 spiro atoms. The Balaban J connectivity index is -0.000000154. The topological polar surface area (TPSA) is 198 Å². The third kappa shape index (κ3) is 36.8. The molecule has 12 nitrogen and oxygen atoms in total. The Kier molecular flexibility index (Phi) is 32.1. The number of carbonyl (C=O) groups is 5. The summed E-state index contributed by atoms with van der Waals surface area (Å²) in [5.41, 5.74) is 9.00. The Hall–Kier alpha value is -2.73. The molecule has 1 saturated heterocycles. The maximum atomic E-state index is 10.5. The van der Waals surface area contributed by atoms with E-state index in [0.29, 0.717) is 25.9 Å². The minimum atomic E-state index is -0.107. The molecule has 1 fully saturated rings. The zero-order chi connectivity index (χ0) is 23.7. The first-order chi connectivity index (χ1) is 13.7. The lowest BCUT2D eigenvalue weighted by Crippen LogP contribution is -2.37. The van der Waals surface area contributed by atoms with Crippen molar-refractivity contribution in [3.05, 3.63) is 0 Å². The van der Waals surface area contributed by atoms with Gasteiger partial charge < -0.3 is 38.1 Å². The van der Waals surface area contributed by atoms with Crippen molar-refractivity contribution in [2.45, 2.75) is 33.1 Å². The van der Waals surface area contributed by atoms with Crippen LogP contribution in [0, 0.1) is 0 Å². The smallest absolute Gasteiger partial charge is 0.221 e. The van der Waals surface area contributed by atoms with Crippen LogP contribution < -0.4 is 38.1 Å². The second-order valence-electron chi connectivity index (χ2n) is 4.91. The maximum Gasteiger partial charge on any atom is 0.221 e. The van der Waals surface area contributed by atoms with Crippen LogP contribution in [0.15, 0.2) is 0 Å². The monoisotopic (exact) mass is 421 g/mol. The number of carbonyl (C=O) groups excluding carboxylic acids is 5. The van der Waals surface area contributed by atoms with E-state index in [2.05, 4.69) is 38.1 Å². The average molecular weight is 422 g/mol. The van der Waals surface area contributed by atoms with Crippen LogP contribution in [-0.4, -0.2) is 77.4 Å². The number of rotatable bonds is 6. The van der Waals surface area contributed by atoms with Crippen molar-refractivity contribution in [3.8, 4) is 0 Å². The number of hydrogen-bond donors (Lipinski definition) is 7. The second kappa shape index (κ2) is 27.5. The first kappa shape index (κ1) is 33.8. The van der Waals surface area contributed by atoms with Crippen LogP contribution in [0.4, 0.5) is 0 Å². The van der Waals surface area contributed by atoms with E-state index in [4.69, 9.17) is 0 Å². The Morgan fingerprint density at radius 2 is 1.10 bits per heavy atom. The quantitative estimate of drug-likeness (QED) is 0.224. The van der Waals surface area contributed by atoms with Crippen molar-refractivity contribution in [1.82, 2.24) is 26.6 Å². The fraction of sp³-hybridized carbons (Fsp3) is 0.706. The molecule has 0 unspecified atom stereocenters. The van der Waals surface area contributed by atoms with Gasteiger partial charge in [-0.1, -0.05) is 0 Å². The molecule has 1 aliphatic heterocycles. The zero-order valence-electron chi connectivity index (χ0n) is 18.4. The Morgan fingerprint density at radius 1 is 0.828 bits per heavy atom. The van der Waals surface area contributed by atoms with E-state index < -0.39 is 0 Å². The number of nitrogens with two attached hydrogens (primary N) is 2. The molecule has 0 radical (unpaired) electrons. The van der Waals surface area contributed by atoms with Gasteiger partial charge in [-0.3, -0.25) is 24.0 Å². The van der Waals surface area contributed by atoms with Crippen molar-refractivity contribution in [3.63, 3.8) is 0 Å². The van der Waals surface area contributed by atoms with Crippen LogP contribution in [0.25, 0.3) is 0 Å². The standard InChI is InChI=1S/2C6H12N2O2.C3H5NO.2CH5N/c2*1-5(9)8-4-3-6(10)7-2;5-3-1-2-4-3;2*1-2/h2*3-4H2,1-2H3,(H,7,10)(H,8,9);1-2H2,(H,4,5);2*2H2,1H3. The molecule has 9 N–H and O–H groups in total. The lowest BCUT2D eigenvalue weighted by atomic mass is 10.3. The Bertz CT molecular complexity index is 421. The van der Waals surface area contributed by atoms with E-state index in [0.717, 1.165) is 13.0 Å². The SMILES string of the molecule is CN.CN.CNC(=O)CCNC(C)=O.CNC(=O)CCNC(C)=O.O=C1CCN1. The predicted molar refractivity (Wildman–Crippen MR) is 113 cm³/mol. The Labute approximate surface area is 173 Å². The van der Waals surface area contributed by atoms with Gasteiger partial charge in [0.2, 0.25) is 29.5 Å². The molecule has 1 heterocycles. The van der Waals surface area contributed by atoms with Gasteiger partial charge in [0.15, 0.2) is 0 Å². The molecule has 5 amide bonds. The molecule has 1 rings (SSSR count). The molecule has 0 bridgehead atoms. The molecule has 172 valence electrons. The highest BCUT2D eigenvalue weighted by atomic mass is 16.2. The fourth-order valence-corrected chi connectivity index (χ4v) is 1.18. The largest absolute Gasteiger partial charge is 0.359 e. The van der Waals surface area contributed by atoms with E-state index in [-0.39, 0.29) is 29.5 Å². The normalized spacial score (nSPS) is 9.86. The molecular formula is C17H39N7O5. The van der Waals surface area contributed by atoms with Gasteiger partial charge in [-0.2, -0.15) is 0 Å². The van der Waals surface area contributed by atoms with Crippen LogP contribution in [0.5, 0.6) is 0 Å². The van der Waals surface area contributed by atoms with Gasteiger partial charge in [-0.15, -0.1) is 0 Å². The van der Waals surface area contributed by atoms with Crippen LogP contribution in [0.3, 0.4) is 0 Å². The van der Waals surface area contributed by atoms with Crippen LogP contribution in [0.2, 0.25) is 0 Å². The molecule has 0 aromatic carbocycles. The van der Waals surface area contributed by atoms with Gasteiger partial charge in [0.1, 0.15) is 0 Å². The molecule has 0 aromatic rings. The first-order valence-corrected chi connectivity index (χ1v) is 9.05. The third-order valence-electron chi connectivity index (χ3n) is 2.68. The highest BCUT2D eigenvalue weighted by Crippen LogP contribution is 1.85. The third-order valence-corrected chi connectivity index (χ3v) is 2.68. The van der Waals surface area contributed by atoms with E-state index >= 15 is 0 Å². The molecule has 1 aliphatic rings. The number of β-lactam (4-membered cyclic amide) rings is 1. The summed E-state index contributed by atoms with van der Waals surface area (Å²) in [5.74, 6) is -0.152.